The lowest BCUT2D eigenvalue weighted by Crippen LogP contribution is -2.24. The highest BCUT2D eigenvalue weighted by molar-refractivity contribution is 9.10. The van der Waals surface area contributed by atoms with E-state index in [-0.39, 0.29) is 11.8 Å². The quantitative estimate of drug-likeness (QED) is 0.873. The summed E-state index contributed by atoms with van der Waals surface area (Å²) < 4.78 is 37.9. The van der Waals surface area contributed by atoms with Crippen molar-refractivity contribution >= 4 is 15.9 Å². The summed E-state index contributed by atoms with van der Waals surface area (Å²) in [7, 11) is 0. The topological polar surface area (TPSA) is 32.3 Å². The fraction of sp³-hybridized carbons (Fsp3) is 0.500. The molecule has 1 heterocycles. The van der Waals surface area contributed by atoms with Crippen LogP contribution in [0.5, 0.6) is 5.75 Å². The van der Waals surface area contributed by atoms with Gasteiger partial charge in [-0.25, -0.2) is 0 Å². The summed E-state index contributed by atoms with van der Waals surface area (Å²) in [6, 6.07) is 2.03. The molecule has 2 nitrogen and oxygen atoms in total. The Morgan fingerprint density at radius 3 is 2.61 bits per heavy atom. The largest absolute Gasteiger partial charge is 0.508 e. The molecular weight excluding hydrogens is 311 g/mol. The number of benzene rings is 1. The van der Waals surface area contributed by atoms with Gasteiger partial charge in [-0.2, -0.15) is 13.2 Å². The molecule has 1 aliphatic heterocycles. The molecule has 0 bridgehead atoms. The molecule has 0 aliphatic carbocycles. The minimum Gasteiger partial charge on any atom is -0.508 e. The van der Waals surface area contributed by atoms with E-state index in [4.69, 9.17) is 0 Å². The van der Waals surface area contributed by atoms with Crippen molar-refractivity contribution in [2.45, 2.75) is 31.5 Å². The van der Waals surface area contributed by atoms with Crippen molar-refractivity contribution in [1.82, 2.24) is 5.32 Å². The number of rotatable bonds is 2. The van der Waals surface area contributed by atoms with E-state index in [0.29, 0.717) is 16.5 Å². The molecule has 2 N–H and O–H groups in total. The second kappa shape index (κ2) is 5.09. The van der Waals surface area contributed by atoms with Crippen molar-refractivity contribution in [2.75, 3.05) is 6.54 Å². The van der Waals surface area contributed by atoms with E-state index in [9.17, 15) is 18.3 Å². The zero-order valence-corrected chi connectivity index (χ0v) is 11.1. The van der Waals surface area contributed by atoms with E-state index in [1.54, 1.807) is 0 Å². The minimum atomic E-state index is -4.44. The highest BCUT2D eigenvalue weighted by atomic mass is 79.9. The van der Waals surface area contributed by atoms with Gasteiger partial charge in [0.2, 0.25) is 0 Å². The lowest BCUT2D eigenvalue weighted by molar-refractivity contribution is -0.137. The summed E-state index contributed by atoms with van der Waals surface area (Å²) in [6.07, 6.45) is -1.87. The first-order valence-corrected chi connectivity index (χ1v) is 6.49. The summed E-state index contributed by atoms with van der Waals surface area (Å²) in [4.78, 5) is 0. The summed E-state index contributed by atoms with van der Waals surface area (Å²) in [5.41, 5.74) is -0.308. The van der Waals surface area contributed by atoms with Gasteiger partial charge in [-0.3, -0.25) is 0 Å². The van der Waals surface area contributed by atoms with Crippen LogP contribution in [0.25, 0.3) is 0 Å². The summed E-state index contributed by atoms with van der Waals surface area (Å²) in [5.74, 6) is -0.301. The molecule has 1 atom stereocenters. The Bertz CT molecular complexity index is 418. The van der Waals surface area contributed by atoms with Crippen LogP contribution in [0.15, 0.2) is 16.6 Å². The Morgan fingerprint density at radius 1 is 1.39 bits per heavy atom. The van der Waals surface area contributed by atoms with Gasteiger partial charge >= 0.3 is 6.18 Å². The molecule has 0 radical (unpaired) electrons. The van der Waals surface area contributed by atoms with Gasteiger partial charge in [-0.15, -0.1) is 0 Å². The first-order chi connectivity index (χ1) is 8.38. The Hall–Kier alpha value is -0.750. The molecule has 0 saturated carbocycles. The first-order valence-electron chi connectivity index (χ1n) is 5.70. The van der Waals surface area contributed by atoms with E-state index in [2.05, 4.69) is 21.2 Å². The van der Waals surface area contributed by atoms with Gasteiger partial charge in [-0.1, -0.05) is 15.9 Å². The van der Waals surface area contributed by atoms with Gasteiger partial charge in [0.15, 0.2) is 0 Å². The van der Waals surface area contributed by atoms with E-state index in [0.717, 1.165) is 31.5 Å². The third kappa shape index (κ3) is 2.98. The van der Waals surface area contributed by atoms with Crippen molar-refractivity contribution in [1.29, 1.82) is 0 Å². The van der Waals surface area contributed by atoms with Gasteiger partial charge in [0.05, 0.1) is 5.56 Å². The van der Waals surface area contributed by atoms with E-state index in [1.165, 1.54) is 0 Å². The predicted octanol–water partition coefficient (Wildman–Crippen LogP) is 3.47. The first kappa shape index (κ1) is 13.7. The smallest absolute Gasteiger partial charge is 0.416 e. The van der Waals surface area contributed by atoms with E-state index < -0.39 is 11.7 Å². The molecule has 18 heavy (non-hydrogen) atoms. The molecule has 1 saturated heterocycles. The van der Waals surface area contributed by atoms with Gasteiger partial charge in [-0.05, 0) is 37.9 Å². The van der Waals surface area contributed by atoms with Crippen molar-refractivity contribution < 1.29 is 18.3 Å². The SMILES string of the molecule is Oc1cc(C(F)(F)F)cc(Br)c1CC1CCCN1. The molecule has 1 fully saturated rings. The maximum absolute atomic E-state index is 12.5. The summed E-state index contributed by atoms with van der Waals surface area (Å²) >= 11 is 3.11. The van der Waals surface area contributed by atoms with Crippen molar-refractivity contribution in [2.24, 2.45) is 0 Å². The molecule has 1 aromatic carbocycles. The monoisotopic (exact) mass is 323 g/mol. The molecule has 1 unspecified atom stereocenters. The highest BCUT2D eigenvalue weighted by Gasteiger charge is 2.32. The molecule has 0 spiro atoms. The standard InChI is InChI=1S/C12H13BrF3NO/c13-10-4-7(12(14,15)16)5-11(18)9(10)6-8-2-1-3-17-8/h4-5,8,17-18H,1-3,6H2. The van der Waals surface area contributed by atoms with Crippen LogP contribution in [0, 0.1) is 0 Å². The van der Waals surface area contributed by atoms with Crippen molar-refractivity contribution in [3.63, 3.8) is 0 Å². The third-order valence-corrected chi connectivity index (χ3v) is 3.82. The van der Waals surface area contributed by atoms with Crippen LogP contribution in [0.2, 0.25) is 0 Å². The van der Waals surface area contributed by atoms with E-state index >= 15 is 0 Å². The van der Waals surface area contributed by atoms with Gasteiger partial charge in [0.25, 0.3) is 0 Å². The molecule has 0 aromatic heterocycles. The highest BCUT2D eigenvalue weighted by Crippen LogP contribution is 2.37. The van der Waals surface area contributed by atoms with Crippen LogP contribution in [-0.2, 0) is 12.6 Å². The van der Waals surface area contributed by atoms with Crippen LogP contribution in [0.4, 0.5) is 13.2 Å². The summed E-state index contributed by atoms with van der Waals surface area (Å²) in [5, 5.41) is 13.0. The Labute approximate surface area is 111 Å². The lowest BCUT2D eigenvalue weighted by Gasteiger charge is -2.15. The van der Waals surface area contributed by atoms with Crippen LogP contribution in [0.1, 0.15) is 24.0 Å². The van der Waals surface area contributed by atoms with Gasteiger partial charge < -0.3 is 10.4 Å². The molecule has 6 heteroatoms. The normalized spacial score (nSPS) is 20.3. The molecule has 1 aliphatic rings. The third-order valence-electron chi connectivity index (χ3n) is 3.11. The number of nitrogens with one attached hydrogen (secondary N) is 1. The number of halogens is 4. The average Bonchev–Trinajstić information content (AvgIpc) is 2.74. The Balaban J connectivity index is 2.26. The van der Waals surface area contributed by atoms with Crippen LogP contribution < -0.4 is 5.32 Å². The van der Waals surface area contributed by atoms with Crippen molar-refractivity contribution in [3.8, 4) is 5.75 Å². The summed E-state index contributed by atoms with van der Waals surface area (Å²) in [6.45, 7) is 0.920. The number of phenols is 1. The molecule has 2 rings (SSSR count). The number of alkyl halides is 3. The average molecular weight is 324 g/mol. The molecular formula is C12H13BrF3NO. The number of phenolic OH excluding ortho intramolecular Hbond substituents is 1. The van der Waals surface area contributed by atoms with Crippen LogP contribution in [0.3, 0.4) is 0 Å². The maximum Gasteiger partial charge on any atom is 0.416 e. The maximum atomic E-state index is 12.5. The second-order valence-corrected chi connectivity index (χ2v) is 5.31. The Morgan fingerprint density at radius 2 is 2.11 bits per heavy atom. The zero-order chi connectivity index (χ0) is 13.3. The molecule has 100 valence electrons. The molecule has 0 amide bonds. The van der Waals surface area contributed by atoms with Crippen LogP contribution >= 0.6 is 15.9 Å². The fourth-order valence-electron chi connectivity index (χ4n) is 2.17. The van der Waals surface area contributed by atoms with Gasteiger partial charge in [0, 0.05) is 16.1 Å². The molecule has 1 aromatic rings. The number of hydrogen-bond acceptors (Lipinski definition) is 2. The Kier molecular flexibility index (Phi) is 3.87. The minimum absolute atomic E-state index is 0.226. The zero-order valence-electron chi connectivity index (χ0n) is 9.52. The van der Waals surface area contributed by atoms with Crippen molar-refractivity contribution in [3.05, 3.63) is 27.7 Å². The second-order valence-electron chi connectivity index (χ2n) is 4.45. The predicted molar refractivity (Wildman–Crippen MR) is 65.5 cm³/mol. The van der Waals surface area contributed by atoms with Crippen LogP contribution in [-0.4, -0.2) is 17.7 Å². The number of aromatic hydroxyl groups is 1. The van der Waals surface area contributed by atoms with E-state index in [1.807, 2.05) is 0 Å². The lowest BCUT2D eigenvalue weighted by atomic mass is 10.0. The van der Waals surface area contributed by atoms with Gasteiger partial charge in [0.1, 0.15) is 5.75 Å². The fourth-order valence-corrected chi connectivity index (χ4v) is 2.78. The number of hydrogen-bond donors (Lipinski definition) is 2.